The van der Waals surface area contributed by atoms with Crippen LogP contribution in [0.1, 0.15) is 30.1 Å². The Bertz CT molecular complexity index is 401. The van der Waals surface area contributed by atoms with Crippen LogP contribution in [0.15, 0.2) is 24.3 Å². The maximum Gasteiger partial charge on any atom is 0.251 e. The lowest BCUT2D eigenvalue weighted by Gasteiger charge is -2.12. The van der Waals surface area contributed by atoms with E-state index in [1.807, 2.05) is 18.2 Å². The molecular formula is C14H20N2O2. The Balaban J connectivity index is 1.96. The second kappa shape index (κ2) is 6.40. The second-order valence-corrected chi connectivity index (χ2v) is 4.54. The van der Waals surface area contributed by atoms with Crippen molar-refractivity contribution >= 4 is 5.91 Å². The maximum absolute atomic E-state index is 12.0. The van der Waals surface area contributed by atoms with Gasteiger partial charge in [0.2, 0.25) is 0 Å². The molecule has 2 N–H and O–H groups in total. The van der Waals surface area contributed by atoms with E-state index < -0.39 is 0 Å². The molecule has 18 heavy (non-hydrogen) atoms. The van der Waals surface area contributed by atoms with E-state index in [0.29, 0.717) is 12.2 Å². The molecule has 0 aliphatic carbocycles. The Morgan fingerprint density at radius 1 is 1.56 bits per heavy atom. The summed E-state index contributed by atoms with van der Waals surface area (Å²) in [6.07, 6.45) is 1.96. The fraction of sp³-hybridized carbons (Fsp3) is 0.500. The topological polar surface area (TPSA) is 50.4 Å². The van der Waals surface area contributed by atoms with Gasteiger partial charge >= 0.3 is 0 Å². The third kappa shape index (κ3) is 3.47. The Kier molecular flexibility index (Phi) is 4.59. The van der Waals surface area contributed by atoms with Crippen molar-refractivity contribution < 1.29 is 9.53 Å². The average molecular weight is 248 g/mol. The predicted octanol–water partition coefficient (Wildman–Crippen LogP) is 1.57. The summed E-state index contributed by atoms with van der Waals surface area (Å²) in [5, 5.41) is 6.25. The highest BCUT2D eigenvalue weighted by Gasteiger charge is 2.17. The minimum absolute atomic E-state index is 0.0225. The van der Waals surface area contributed by atoms with Crippen LogP contribution in [-0.4, -0.2) is 31.6 Å². The minimum atomic E-state index is -0.0225. The van der Waals surface area contributed by atoms with Crippen LogP contribution >= 0.6 is 0 Å². The first-order chi connectivity index (χ1) is 8.79. The molecule has 0 aromatic heterocycles. The summed E-state index contributed by atoms with van der Waals surface area (Å²) in [7, 11) is 0. The molecule has 2 rings (SSSR count). The van der Waals surface area contributed by atoms with Gasteiger partial charge in [-0.1, -0.05) is 13.0 Å². The standard InChI is InChI=1S/C14H20N2O2/c1-2-8-18-13-5-3-4-11(9-13)14(17)16-12-6-7-15-10-12/h3-5,9,12,15H,2,6-8,10H2,1H3,(H,16,17). The Hall–Kier alpha value is -1.55. The fourth-order valence-electron chi connectivity index (χ4n) is 1.99. The monoisotopic (exact) mass is 248 g/mol. The lowest BCUT2D eigenvalue weighted by atomic mass is 10.1. The number of benzene rings is 1. The molecule has 1 amide bonds. The normalized spacial score (nSPS) is 18.6. The number of carbonyl (C=O) groups excluding carboxylic acids is 1. The van der Waals surface area contributed by atoms with E-state index >= 15 is 0 Å². The van der Waals surface area contributed by atoms with E-state index in [1.54, 1.807) is 6.07 Å². The molecule has 1 unspecified atom stereocenters. The van der Waals surface area contributed by atoms with Gasteiger partial charge in [-0.05, 0) is 37.6 Å². The van der Waals surface area contributed by atoms with Gasteiger partial charge in [0.05, 0.1) is 6.61 Å². The van der Waals surface area contributed by atoms with Crippen molar-refractivity contribution in [3.63, 3.8) is 0 Å². The van der Waals surface area contributed by atoms with Gasteiger partial charge in [0.1, 0.15) is 5.75 Å². The number of rotatable bonds is 5. The summed E-state index contributed by atoms with van der Waals surface area (Å²) >= 11 is 0. The van der Waals surface area contributed by atoms with Crippen LogP contribution in [0.25, 0.3) is 0 Å². The van der Waals surface area contributed by atoms with Crippen molar-refractivity contribution in [1.82, 2.24) is 10.6 Å². The SMILES string of the molecule is CCCOc1cccc(C(=O)NC2CCNC2)c1. The number of carbonyl (C=O) groups is 1. The highest BCUT2D eigenvalue weighted by Crippen LogP contribution is 2.14. The van der Waals surface area contributed by atoms with Gasteiger partial charge in [0, 0.05) is 18.2 Å². The molecule has 1 atom stereocenters. The van der Waals surface area contributed by atoms with Gasteiger partial charge in [0.15, 0.2) is 0 Å². The van der Waals surface area contributed by atoms with Crippen LogP contribution in [0.5, 0.6) is 5.75 Å². The van der Waals surface area contributed by atoms with Crippen molar-refractivity contribution in [3.8, 4) is 5.75 Å². The van der Waals surface area contributed by atoms with Gasteiger partial charge in [0.25, 0.3) is 5.91 Å². The molecule has 4 heteroatoms. The van der Waals surface area contributed by atoms with Crippen LogP contribution in [-0.2, 0) is 0 Å². The van der Waals surface area contributed by atoms with Crippen LogP contribution in [0.3, 0.4) is 0 Å². The van der Waals surface area contributed by atoms with E-state index in [2.05, 4.69) is 17.6 Å². The van der Waals surface area contributed by atoms with E-state index in [1.165, 1.54) is 0 Å². The molecule has 0 radical (unpaired) electrons. The van der Waals surface area contributed by atoms with Gasteiger partial charge in [-0.2, -0.15) is 0 Å². The van der Waals surface area contributed by atoms with E-state index in [-0.39, 0.29) is 11.9 Å². The summed E-state index contributed by atoms with van der Waals surface area (Å²) in [4.78, 5) is 12.0. The first-order valence-electron chi connectivity index (χ1n) is 6.54. The zero-order valence-electron chi connectivity index (χ0n) is 10.7. The van der Waals surface area contributed by atoms with Gasteiger partial charge in [-0.15, -0.1) is 0 Å². The van der Waals surface area contributed by atoms with Crippen molar-refractivity contribution in [2.45, 2.75) is 25.8 Å². The van der Waals surface area contributed by atoms with E-state index in [9.17, 15) is 4.79 Å². The Morgan fingerprint density at radius 3 is 3.17 bits per heavy atom. The predicted molar refractivity (Wildman–Crippen MR) is 71.0 cm³/mol. The zero-order chi connectivity index (χ0) is 12.8. The molecule has 0 saturated carbocycles. The van der Waals surface area contributed by atoms with Gasteiger partial charge in [-0.25, -0.2) is 0 Å². The second-order valence-electron chi connectivity index (χ2n) is 4.54. The Morgan fingerprint density at radius 2 is 2.44 bits per heavy atom. The molecule has 0 spiro atoms. The molecule has 4 nitrogen and oxygen atoms in total. The molecule has 1 fully saturated rings. The number of ether oxygens (including phenoxy) is 1. The summed E-state index contributed by atoms with van der Waals surface area (Å²) < 4.78 is 5.52. The third-order valence-corrected chi connectivity index (χ3v) is 2.96. The summed E-state index contributed by atoms with van der Waals surface area (Å²) in [5.74, 6) is 0.736. The zero-order valence-corrected chi connectivity index (χ0v) is 10.7. The number of hydrogen-bond donors (Lipinski definition) is 2. The van der Waals surface area contributed by atoms with Crippen LogP contribution in [0.2, 0.25) is 0 Å². The molecular weight excluding hydrogens is 228 g/mol. The first kappa shape index (κ1) is 12.9. The van der Waals surface area contributed by atoms with Crippen molar-refractivity contribution in [2.24, 2.45) is 0 Å². The van der Waals surface area contributed by atoms with Crippen molar-refractivity contribution in [3.05, 3.63) is 29.8 Å². The molecule has 1 aliphatic rings. The Labute approximate surface area is 108 Å². The average Bonchev–Trinajstić information content (AvgIpc) is 2.89. The van der Waals surface area contributed by atoms with Gasteiger partial charge < -0.3 is 15.4 Å². The maximum atomic E-state index is 12.0. The lowest BCUT2D eigenvalue weighted by molar-refractivity contribution is 0.0939. The molecule has 1 aliphatic heterocycles. The van der Waals surface area contributed by atoms with Crippen molar-refractivity contribution in [1.29, 1.82) is 0 Å². The van der Waals surface area contributed by atoms with E-state index in [4.69, 9.17) is 4.74 Å². The molecule has 1 aromatic carbocycles. The molecule has 1 saturated heterocycles. The van der Waals surface area contributed by atoms with Crippen molar-refractivity contribution in [2.75, 3.05) is 19.7 Å². The molecule has 1 heterocycles. The van der Waals surface area contributed by atoms with Gasteiger partial charge in [-0.3, -0.25) is 4.79 Å². The lowest BCUT2D eigenvalue weighted by Crippen LogP contribution is -2.36. The smallest absolute Gasteiger partial charge is 0.251 e. The third-order valence-electron chi connectivity index (χ3n) is 2.96. The molecule has 0 bridgehead atoms. The minimum Gasteiger partial charge on any atom is -0.494 e. The summed E-state index contributed by atoms with van der Waals surface area (Å²) in [6.45, 7) is 4.57. The number of amides is 1. The van der Waals surface area contributed by atoms with E-state index in [0.717, 1.165) is 31.7 Å². The first-order valence-corrected chi connectivity index (χ1v) is 6.54. The number of nitrogens with one attached hydrogen (secondary N) is 2. The molecule has 98 valence electrons. The van der Waals surface area contributed by atoms with Crippen LogP contribution in [0.4, 0.5) is 0 Å². The largest absolute Gasteiger partial charge is 0.494 e. The molecule has 1 aromatic rings. The summed E-state index contributed by atoms with van der Waals surface area (Å²) in [6, 6.07) is 7.60. The fourth-order valence-corrected chi connectivity index (χ4v) is 1.99. The van der Waals surface area contributed by atoms with Crippen LogP contribution < -0.4 is 15.4 Å². The van der Waals surface area contributed by atoms with Crippen LogP contribution in [0, 0.1) is 0 Å². The highest BCUT2D eigenvalue weighted by atomic mass is 16.5. The highest BCUT2D eigenvalue weighted by molar-refractivity contribution is 5.94. The quantitative estimate of drug-likeness (QED) is 0.831. The number of hydrogen-bond acceptors (Lipinski definition) is 3. The summed E-state index contributed by atoms with van der Waals surface area (Å²) in [5.41, 5.74) is 0.663.